The first-order valence-electron chi connectivity index (χ1n) is 6.55. The van der Waals surface area contributed by atoms with Crippen LogP contribution in [0.2, 0.25) is 0 Å². The van der Waals surface area contributed by atoms with Gasteiger partial charge in [-0.05, 0) is 0 Å². The van der Waals surface area contributed by atoms with E-state index < -0.39 is 58.6 Å². The van der Waals surface area contributed by atoms with Crippen molar-refractivity contribution >= 4 is 22.7 Å². The number of halogens is 2. The summed E-state index contributed by atoms with van der Waals surface area (Å²) in [5.74, 6) is -4.22. The van der Waals surface area contributed by atoms with Gasteiger partial charge in [-0.1, -0.05) is 0 Å². The topological polar surface area (TPSA) is 127 Å². The van der Waals surface area contributed by atoms with Crippen LogP contribution in [0.4, 0.5) is 19.3 Å². The number of rotatable bonds is 2. The van der Waals surface area contributed by atoms with Gasteiger partial charge in [0.2, 0.25) is 23.2 Å². The molecule has 0 spiro atoms. The van der Waals surface area contributed by atoms with E-state index in [0.717, 1.165) is 10.9 Å². The molecule has 1 aliphatic rings. The molecule has 3 rings (SSSR count). The Kier molecular flexibility index (Phi) is 3.44. The number of anilines is 1. The maximum Gasteiger partial charge on any atom is 0.511 e. The molecule has 0 fully saturated rings. The maximum absolute atomic E-state index is 14.2. The Morgan fingerprint density at radius 1 is 1.46 bits per heavy atom. The summed E-state index contributed by atoms with van der Waals surface area (Å²) in [6.45, 7) is -0.593. The van der Waals surface area contributed by atoms with Gasteiger partial charge in [-0.3, -0.25) is 14.5 Å². The molecule has 0 saturated heterocycles. The van der Waals surface area contributed by atoms with Gasteiger partial charge in [0.1, 0.15) is 12.1 Å². The third-order valence-corrected chi connectivity index (χ3v) is 3.63. The van der Waals surface area contributed by atoms with Crippen LogP contribution >= 0.6 is 0 Å². The molecular formula is C13H11F2N3O6. The summed E-state index contributed by atoms with van der Waals surface area (Å²) in [6, 6.07) is 0. The van der Waals surface area contributed by atoms with Crippen LogP contribution in [0, 0.1) is 11.6 Å². The number of nitrogens with two attached hydrogens (primary N) is 1. The largest absolute Gasteiger partial charge is 0.511 e. The molecule has 0 bridgehead atoms. The zero-order valence-corrected chi connectivity index (χ0v) is 12.1. The third kappa shape index (κ3) is 2.01. The quantitative estimate of drug-likeness (QED) is 0.521. The van der Waals surface area contributed by atoms with E-state index in [1.54, 1.807) is 0 Å². The third-order valence-electron chi connectivity index (χ3n) is 3.63. The number of benzene rings is 1. The van der Waals surface area contributed by atoms with Crippen molar-refractivity contribution in [2.24, 2.45) is 0 Å². The molecule has 1 aromatic carbocycles. The van der Waals surface area contributed by atoms with Crippen molar-refractivity contribution in [1.82, 2.24) is 4.68 Å². The molecular weight excluding hydrogens is 332 g/mol. The van der Waals surface area contributed by atoms with Crippen molar-refractivity contribution in [3.05, 3.63) is 28.1 Å². The van der Waals surface area contributed by atoms with Gasteiger partial charge in [-0.15, -0.1) is 0 Å². The minimum absolute atomic E-state index is 0.207. The summed E-state index contributed by atoms with van der Waals surface area (Å²) in [7, 11) is 1.41. The number of hydrogen-bond donors (Lipinski definition) is 3. The smallest absolute Gasteiger partial charge is 0.461 e. The van der Waals surface area contributed by atoms with E-state index in [4.69, 9.17) is 15.6 Å². The lowest BCUT2D eigenvalue weighted by atomic mass is 10.1. The molecule has 1 atom stereocenters. The number of carboxylic acid groups (broad SMARTS) is 1. The van der Waals surface area contributed by atoms with Crippen molar-refractivity contribution in [3.63, 3.8) is 0 Å². The van der Waals surface area contributed by atoms with E-state index in [9.17, 15) is 23.5 Å². The van der Waals surface area contributed by atoms with Gasteiger partial charge in [0.05, 0.1) is 17.3 Å². The van der Waals surface area contributed by atoms with Crippen molar-refractivity contribution in [3.8, 4) is 11.5 Å². The number of carbonyl (C=O) groups is 1. The van der Waals surface area contributed by atoms with Gasteiger partial charge < -0.3 is 25.4 Å². The molecule has 128 valence electrons. The Bertz CT molecular complexity index is 929. The average molecular weight is 343 g/mol. The average Bonchev–Trinajstić information content (AvgIpc) is 2.53. The molecule has 1 unspecified atom stereocenters. The first-order valence-corrected chi connectivity index (χ1v) is 6.55. The van der Waals surface area contributed by atoms with Gasteiger partial charge in [-0.2, -0.15) is 4.39 Å². The summed E-state index contributed by atoms with van der Waals surface area (Å²) >= 11 is 0. The zero-order chi connectivity index (χ0) is 17.8. The summed E-state index contributed by atoms with van der Waals surface area (Å²) in [4.78, 5) is 23.1. The van der Waals surface area contributed by atoms with Crippen molar-refractivity contribution < 1.29 is 33.3 Å². The molecule has 0 saturated carbocycles. The summed E-state index contributed by atoms with van der Waals surface area (Å²) in [5, 5.41) is 18.8. The molecule has 24 heavy (non-hydrogen) atoms. The molecule has 2 heterocycles. The Hall–Kier alpha value is -3.08. The molecule has 0 aliphatic carbocycles. The summed E-state index contributed by atoms with van der Waals surface area (Å²) < 4.78 is 38.9. The lowest BCUT2D eigenvalue weighted by molar-refractivity contribution is 0.0873. The second-order valence-corrected chi connectivity index (χ2v) is 4.96. The lowest BCUT2D eigenvalue weighted by Gasteiger charge is -2.36. The van der Waals surface area contributed by atoms with E-state index in [1.807, 2.05) is 0 Å². The van der Waals surface area contributed by atoms with E-state index in [-0.39, 0.29) is 5.52 Å². The number of nitrogens with zero attached hydrogens (tertiary/aromatic N) is 2. The van der Waals surface area contributed by atoms with Crippen molar-refractivity contribution in [1.29, 1.82) is 0 Å². The first-order chi connectivity index (χ1) is 11.3. The van der Waals surface area contributed by atoms with Crippen LogP contribution < -0.4 is 25.6 Å². The highest BCUT2D eigenvalue weighted by molar-refractivity contribution is 5.96. The number of likely N-dealkylation sites (N-methyl/N-ethyl adjacent to an activating group) is 1. The first kappa shape index (κ1) is 15.8. The highest BCUT2D eigenvalue weighted by Crippen LogP contribution is 2.38. The highest BCUT2D eigenvalue weighted by atomic mass is 19.2. The number of aliphatic hydroxyl groups is 1. The Morgan fingerprint density at radius 2 is 2.12 bits per heavy atom. The van der Waals surface area contributed by atoms with Crippen molar-refractivity contribution in [2.75, 3.05) is 24.4 Å². The fraction of sp³-hybridized carbons (Fsp3) is 0.231. The predicted octanol–water partition coefficient (Wildman–Crippen LogP) is 0.197. The Labute approximate surface area is 132 Å². The molecule has 4 N–H and O–H groups in total. The second-order valence-electron chi connectivity index (χ2n) is 4.96. The molecule has 0 amide bonds. The van der Waals surface area contributed by atoms with E-state index in [2.05, 4.69) is 4.74 Å². The molecule has 0 radical (unpaired) electrons. The normalized spacial score (nSPS) is 16.2. The summed E-state index contributed by atoms with van der Waals surface area (Å²) in [5.41, 5.74) is 3.44. The van der Waals surface area contributed by atoms with Gasteiger partial charge >= 0.3 is 6.16 Å². The van der Waals surface area contributed by atoms with Crippen LogP contribution in [0.1, 0.15) is 0 Å². The van der Waals surface area contributed by atoms with Crippen LogP contribution in [0.25, 0.3) is 10.9 Å². The number of hydrogen-bond acceptors (Lipinski definition) is 7. The Morgan fingerprint density at radius 3 is 2.71 bits per heavy atom. The van der Waals surface area contributed by atoms with E-state index >= 15 is 0 Å². The van der Waals surface area contributed by atoms with Gasteiger partial charge in [0, 0.05) is 7.05 Å². The Balaban J connectivity index is 2.49. The molecule has 1 aliphatic heterocycles. The minimum Gasteiger partial charge on any atom is -0.461 e. The summed E-state index contributed by atoms with van der Waals surface area (Å²) in [6.07, 6.45) is -1.92. The predicted molar refractivity (Wildman–Crippen MR) is 76.8 cm³/mol. The van der Waals surface area contributed by atoms with Crippen molar-refractivity contribution in [2.45, 2.75) is 6.23 Å². The molecule has 1 aromatic heterocycles. The molecule has 2 aromatic rings. The van der Waals surface area contributed by atoms with Crippen LogP contribution in [-0.4, -0.2) is 40.9 Å². The fourth-order valence-corrected chi connectivity index (χ4v) is 2.51. The second kappa shape index (κ2) is 5.23. The van der Waals surface area contributed by atoms with Gasteiger partial charge in [-0.25, -0.2) is 9.18 Å². The monoisotopic (exact) mass is 343 g/mol. The maximum atomic E-state index is 14.2. The molecule has 11 heteroatoms. The lowest BCUT2D eigenvalue weighted by Crippen LogP contribution is -2.49. The number of nitrogen functional groups attached to an aromatic ring is 1. The highest BCUT2D eigenvalue weighted by Gasteiger charge is 2.33. The van der Waals surface area contributed by atoms with Gasteiger partial charge in [0.15, 0.2) is 11.6 Å². The van der Waals surface area contributed by atoms with Crippen LogP contribution in [0.5, 0.6) is 11.5 Å². The van der Waals surface area contributed by atoms with Crippen LogP contribution in [0.15, 0.2) is 11.0 Å². The number of aliphatic hydroxyl groups excluding tert-OH is 1. The van der Waals surface area contributed by atoms with E-state index in [1.165, 1.54) is 12.1 Å². The zero-order valence-electron chi connectivity index (χ0n) is 12.1. The standard InChI is InChI=1S/C13H11F2N3O6/c1-17-5(3-19)24-12-8(15)7(14)9(16)6-10(12)18(17)2-4(11(6)20)23-13(21)22/h2,5,19H,3,16H2,1H3,(H,21,22). The minimum atomic E-state index is -1.77. The van der Waals surface area contributed by atoms with E-state index in [0.29, 0.717) is 0 Å². The van der Waals surface area contributed by atoms with Crippen LogP contribution in [-0.2, 0) is 0 Å². The SMILES string of the molecule is CN1C(CO)Oc2c(F)c(F)c(N)c3c(=O)c(OC(=O)O)cn1c23. The van der Waals surface area contributed by atoms with Gasteiger partial charge in [0.25, 0.3) is 0 Å². The number of pyridine rings is 1. The number of aromatic nitrogens is 1. The molecule has 9 nitrogen and oxygen atoms in total. The number of ether oxygens (including phenoxy) is 2. The van der Waals surface area contributed by atoms with Crippen LogP contribution in [0.3, 0.4) is 0 Å². The fourth-order valence-electron chi connectivity index (χ4n) is 2.51.